The van der Waals surface area contributed by atoms with Gasteiger partial charge >= 0.3 is 0 Å². The number of rotatable bonds is 5. The monoisotopic (exact) mass is 230 g/mol. The molecule has 1 unspecified atom stereocenters. The van der Waals surface area contributed by atoms with Crippen molar-refractivity contribution in [1.29, 1.82) is 0 Å². The standard InChI is InChI=1S/C10H18N2O2S/c1-7(13)5-6-8-9(14-4)11-10(15-8)12(2)3/h7,13H,5-6H2,1-4H3. The van der Waals surface area contributed by atoms with Crippen molar-refractivity contribution in [3.63, 3.8) is 0 Å². The maximum atomic E-state index is 9.23. The molecule has 0 amide bonds. The van der Waals surface area contributed by atoms with Gasteiger partial charge in [0.15, 0.2) is 5.13 Å². The van der Waals surface area contributed by atoms with Crippen molar-refractivity contribution in [3.05, 3.63) is 4.88 Å². The number of hydrogen-bond acceptors (Lipinski definition) is 5. The van der Waals surface area contributed by atoms with Crippen LogP contribution in [0.3, 0.4) is 0 Å². The van der Waals surface area contributed by atoms with Gasteiger partial charge in [0.05, 0.1) is 18.1 Å². The molecule has 15 heavy (non-hydrogen) atoms. The molecular weight excluding hydrogens is 212 g/mol. The molecule has 1 rings (SSSR count). The minimum absolute atomic E-state index is 0.278. The van der Waals surface area contributed by atoms with Crippen molar-refractivity contribution in [2.45, 2.75) is 25.9 Å². The predicted molar refractivity (Wildman–Crippen MR) is 63.0 cm³/mol. The van der Waals surface area contributed by atoms with Gasteiger partial charge in [0, 0.05) is 14.1 Å². The van der Waals surface area contributed by atoms with Gasteiger partial charge in [-0.1, -0.05) is 11.3 Å². The Hall–Kier alpha value is -0.810. The summed E-state index contributed by atoms with van der Waals surface area (Å²) in [6.07, 6.45) is 1.28. The maximum Gasteiger partial charge on any atom is 0.229 e. The van der Waals surface area contributed by atoms with Gasteiger partial charge in [-0.15, -0.1) is 0 Å². The van der Waals surface area contributed by atoms with E-state index in [4.69, 9.17) is 4.74 Å². The second-order valence-corrected chi connectivity index (χ2v) is 4.77. The van der Waals surface area contributed by atoms with Crippen LogP contribution in [0.5, 0.6) is 5.88 Å². The van der Waals surface area contributed by atoms with Gasteiger partial charge in [0.2, 0.25) is 5.88 Å². The molecule has 0 aliphatic carbocycles. The largest absolute Gasteiger partial charge is 0.480 e. The van der Waals surface area contributed by atoms with Crippen LogP contribution in [0.2, 0.25) is 0 Å². The van der Waals surface area contributed by atoms with Crippen LogP contribution >= 0.6 is 11.3 Å². The molecule has 0 saturated carbocycles. The summed E-state index contributed by atoms with van der Waals surface area (Å²) in [5.74, 6) is 0.685. The van der Waals surface area contributed by atoms with E-state index >= 15 is 0 Å². The summed E-state index contributed by atoms with van der Waals surface area (Å²) in [4.78, 5) is 7.40. The van der Waals surface area contributed by atoms with E-state index in [0.29, 0.717) is 5.88 Å². The van der Waals surface area contributed by atoms with Gasteiger partial charge in [-0.3, -0.25) is 0 Å². The van der Waals surface area contributed by atoms with Crippen LogP contribution in [0.15, 0.2) is 0 Å². The number of thiazole rings is 1. The fourth-order valence-electron chi connectivity index (χ4n) is 1.17. The van der Waals surface area contributed by atoms with Gasteiger partial charge in [0.1, 0.15) is 0 Å². The van der Waals surface area contributed by atoms with Crippen molar-refractivity contribution >= 4 is 16.5 Å². The first-order chi connectivity index (χ1) is 7.04. The lowest BCUT2D eigenvalue weighted by molar-refractivity contribution is 0.185. The first-order valence-electron chi connectivity index (χ1n) is 4.93. The SMILES string of the molecule is COc1nc(N(C)C)sc1CCC(C)O. The summed E-state index contributed by atoms with van der Waals surface area (Å²) in [5, 5.41) is 10.2. The van der Waals surface area contributed by atoms with Crippen LogP contribution in [0.1, 0.15) is 18.2 Å². The molecule has 86 valence electrons. The van der Waals surface area contributed by atoms with E-state index in [1.165, 1.54) is 0 Å². The molecule has 0 aliphatic rings. The summed E-state index contributed by atoms with van der Waals surface area (Å²) >= 11 is 1.61. The van der Waals surface area contributed by atoms with Gasteiger partial charge in [-0.2, -0.15) is 4.98 Å². The van der Waals surface area contributed by atoms with Crippen LogP contribution in [-0.2, 0) is 6.42 Å². The summed E-state index contributed by atoms with van der Waals surface area (Å²) in [6.45, 7) is 1.79. The zero-order valence-corrected chi connectivity index (χ0v) is 10.5. The number of hydrogen-bond donors (Lipinski definition) is 1. The van der Waals surface area contributed by atoms with Gasteiger partial charge in [-0.25, -0.2) is 0 Å². The highest BCUT2D eigenvalue weighted by atomic mass is 32.1. The third kappa shape index (κ3) is 3.35. The average molecular weight is 230 g/mol. The first-order valence-corrected chi connectivity index (χ1v) is 5.75. The van der Waals surface area contributed by atoms with E-state index in [0.717, 1.165) is 22.9 Å². The zero-order chi connectivity index (χ0) is 11.4. The second kappa shape index (κ2) is 5.32. The fraction of sp³-hybridized carbons (Fsp3) is 0.700. The Kier molecular flexibility index (Phi) is 4.35. The summed E-state index contributed by atoms with van der Waals surface area (Å²) < 4.78 is 5.20. The molecule has 1 aromatic heterocycles. The number of aryl methyl sites for hydroxylation is 1. The van der Waals surface area contributed by atoms with E-state index < -0.39 is 0 Å². The van der Waals surface area contributed by atoms with Crippen LogP contribution < -0.4 is 9.64 Å². The van der Waals surface area contributed by atoms with E-state index in [9.17, 15) is 5.11 Å². The molecule has 0 aliphatic heterocycles. The minimum atomic E-state index is -0.278. The minimum Gasteiger partial charge on any atom is -0.480 e. The highest BCUT2D eigenvalue weighted by Gasteiger charge is 2.13. The van der Waals surface area contributed by atoms with E-state index in [1.54, 1.807) is 25.4 Å². The zero-order valence-electron chi connectivity index (χ0n) is 9.65. The van der Waals surface area contributed by atoms with Crippen LogP contribution in [-0.4, -0.2) is 37.4 Å². The molecule has 4 nitrogen and oxygen atoms in total. The van der Waals surface area contributed by atoms with E-state index in [2.05, 4.69) is 4.98 Å². The van der Waals surface area contributed by atoms with Crippen molar-refractivity contribution < 1.29 is 9.84 Å². The van der Waals surface area contributed by atoms with Crippen molar-refractivity contribution in [3.8, 4) is 5.88 Å². The third-order valence-corrected chi connectivity index (χ3v) is 3.28. The van der Waals surface area contributed by atoms with Gasteiger partial charge < -0.3 is 14.7 Å². The average Bonchev–Trinajstić information content (AvgIpc) is 2.57. The van der Waals surface area contributed by atoms with Crippen LogP contribution in [0.4, 0.5) is 5.13 Å². The Morgan fingerprint density at radius 3 is 2.67 bits per heavy atom. The molecule has 1 atom stereocenters. The lowest BCUT2D eigenvalue weighted by Crippen LogP contribution is -2.07. The molecule has 5 heteroatoms. The molecule has 0 bridgehead atoms. The Bertz CT molecular complexity index is 310. The van der Waals surface area contributed by atoms with E-state index in [-0.39, 0.29) is 6.10 Å². The van der Waals surface area contributed by atoms with Crippen molar-refractivity contribution in [2.24, 2.45) is 0 Å². The summed E-state index contributed by atoms with van der Waals surface area (Å²) in [7, 11) is 5.54. The summed E-state index contributed by atoms with van der Waals surface area (Å²) in [5.41, 5.74) is 0. The highest BCUT2D eigenvalue weighted by Crippen LogP contribution is 2.31. The highest BCUT2D eigenvalue weighted by molar-refractivity contribution is 7.15. The quantitative estimate of drug-likeness (QED) is 0.833. The number of anilines is 1. The maximum absolute atomic E-state index is 9.23. The lowest BCUT2D eigenvalue weighted by atomic mass is 10.2. The molecule has 0 radical (unpaired) electrons. The number of aliphatic hydroxyl groups excluding tert-OH is 1. The van der Waals surface area contributed by atoms with Gasteiger partial charge in [-0.05, 0) is 19.8 Å². The Morgan fingerprint density at radius 1 is 1.53 bits per heavy atom. The molecule has 1 heterocycles. The Balaban J connectivity index is 2.76. The van der Waals surface area contributed by atoms with Crippen molar-refractivity contribution in [1.82, 2.24) is 4.98 Å². The fourth-order valence-corrected chi connectivity index (χ4v) is 2.14. The molecule has 1 aromatic rings. The molecule has 0 saturated heterocycles. The first kappa shape index (κ1) is 12.3. The topological polar surface area (TPSA) is 45.6 Å². The molecule has 0 aromatic carbocycles. The van der Waals surface area contributed by atoms with E-state index in [1.807, 2.05) is 19.0 Å². The number of methoxy groups -OCH3 is 1. The Morgan fingerprint density at radius 2 is 2.20 bits per heavy atom. The normalized spacial score (nSPS) is 12.6. The van der Waals surface area contributed by atoms with Crippen molar-refractivity contribution in [2.75, 3.05) is 26.1 Å². The number of ether oxygens (including phenoxy) is 1. The molecular formula is C10H18N2O2S. The van der Waals surface area contributed by atoms with Crippen LogP contribution in [0, 0.1) is 0 Å². The second-order valence-electron chi connectivity index (χ2n) is 3.71. The molecule has 0 spiro atoms. The smallest absolute Gasteiger partial charge is 0.229 e. The number of nitrogens with zero attached hydrogens (tertiary/aromatic N) is 2. The van der Waals surface area contributed by atoms with Crippen LogP contribution in [0.25, 0.3) is 0 Å². The van der Waals surface area contributed by atoms with Gasteiger partial charge in [0.25, 0.3) is 0 Å². The summed E-state index contributed by atoms with van der Waals surface area (Å²) in [6, 6.07) is 0. The Labute approximate surface area is 94.5 Å². The molecule has 0 fully saturated rings. The molecule has 1 N–H and O–H groups in total. The lowest BCUT2D eigenvalue weighted by Gasteiger charge is -2.05. The number of aromatic nitrogens is 1. The number of aliphatic hydroxyl groups is 1. The predicted octanol–water partition coefficient (Wildman–Crippen LogP) is 1.53. The third-order valence-electron chi connectivity index (χ3n) is 2.02.